The molecule has 2 aromatic carbocycles. The lowest BCUT2D eigenvalue weighted by atomic mass is 10.2. The van der Waals surface area contributed by atoms with Crippen LogP contribution in [0.25, 0.3) is 27.9 Å². The highest BCUT2D eigenvalue weighted by atomic mass is 16.7. The number of rotatable bonds is 4. The van der Waals surface area contributed by atoms with Gasteiger partial charge in [-0.25, -0.2) is 9.97 Å². The molecule has 0 fully saturated rings. The minimum atomic E-state index is -0.268. The number of hydrogen-bond donors (Lipinski definition) is 2. The molecule has 1 aliphatic rings. The molecule has 1 atom stereocenters. The van der Waals surface area contributed by atoms with Gasteiger partial charge in [0.2, 0.25) is 6.79 Å². The molecule has 1 aliphatic heterocycles. The number of nitrogens with one attached hydrogen (secondary N) is 1. The van der Waals surface area contributed by atoms with Crippen LogP contribution in [0, 0.1) is 0 Å². The van der Waals surface area contributed by atoms with Crippen LogP contribution in [0.4, 0.5) is 5.82 Å². The van der Waals surface area contributed by atoms with Gasteiger partial charge in [0.15, 0.2) is 17.1 Å². The molecular formula is C22H21N5O3. The van der Waals surface area contributed by atoms with Crippen molar-refractivity contribution in [2.24, 2.45) is 0 Å². The summed E-state index contributed by atoms with van der Waals surface area (Å²) in [5.74, 6) is 1.30. The Labute approximate surface area is 172 Å². The van der Waals surface area contributed by atoms with E-state index >= 15 is 0 Å². The fourth-order valence-corrected chi connectivity index (χ4v) is 3.57. The molecule has 3 heterocycles. The van der Waals surface area contributed by atoms with Gasteiger partial charge in [-0.1, -0.05) is 19.1 Å². The number of nitrogen functional groups attached to an aromatic ring is 1. The van der Waals surface area contributed by atoms with Crippen LogP contribution in [-0.4, -0.2) is 33.3 Å². The third-order valence-corrected chi connectivity index (χ3v) is 5.33. The molecule has 8 nitrogen and oxygen atoms in total. The van der Waals surface area contributed by atoms with E-state index in [1.807, 2.05) is 56.3 Å². The SMILES string of the molecule is CC[C@@H](C)NC(=O)c1c(N)n(-c2ccc3c(c2)OCO3)c2nc3ccccc3nc12. The summed E-state index contributed by atoms with van der Waals surface area (Å²) in [4.78, 5) is 22.6. The van der Waals surface area contributed by atoms with Crippen molar-refractivity contribution in [3.8, 4) is 17.2 Å². The fraction of sp³-hybridized carbons (Fsp3) is 0.227. The summed E-state index contributed by atoms with van der Waals surface area (Å²) in [6, 6.07) is 13.0. The molecule has 8 heteroatoms. The van der Waals surface area contributed by atoms with Crippen LogP contribution < -0.4 is 20.5 Å². The van der Waals surface area contributed by atoms with Crippen LogP contribution in [0.1, 0.15) is 30.6 Å². The Morgan fingerprint density at radius 1 is 1.17 bits per heavy atom. The quantitative estimate of drug-likeness (QED) is 0.541. The van der Waals surface area contributed by atoms with Crippen molar-refractivity contribution in [3.63, 3.8) is 0 Å². The molecule has 0 bridgehead atoms. The first-order valence-corrected chi connectivity index (χ1v) is 9.84. The second-order valence-electron chi connectivity index (χ2n) is 7.30. The molecule has 0 spiro atoms. The van der Waals surface area contributed by atoms with E-state index in [0.29, 0.717) is 39.4 Å². The van der Waals surface area contributed by atoms with Crippen LogP contribution in [0.15, 0.2) is 42.5 Å². The van der Waals surface area contributed by atoms with Gasteiger partial charge >= 0.3 is 0 Å². The highest BCUT2D eigenvalue weighted by molar-refractivity contribution is 6.11. The van der Waals surface area contributed by atoms with E-state index in [0.717, 1.165) is 11.9 Å². The van der Waals surface area contributed by atoms with Crippen molar-refractivity contribution >= 4 is 33.9 Å². The maximum absolute atomic E-state index is 13.1. The average Bonchev–Trinajstić information content (AvgIpc) is 3.32. The maximum Gasteiger partial charge on any atom is 0.257 e. The lowest BCUT2D eigenvalue weighted by molar-refractivity contribution is 0.0941. The molecule has 30 heavy (non-hydrogen) atoms. The summed E-state index contributed by atoms with van der Waals surface area (Å²) in [5.41, 5.74) is 9.96. The highest BCUT2D eigenvalue weighted by Gasteiger charge is 2.26. The Morgan fingerprint density at radius 3 is 2.67 bits per heavy atom. The molecule has 152 valence electrons. The number of amides is 1. The summed E-state index contributed by atoms with van der Waals surface area (Å²) in [6.07, 6.45) is 0.807. The van der Waals surface area contributed by atoms with Crippen LogP contribution >= 0.6 is 0 Å². The van der Waals surface area contributed by atoms with Crippen LogP contribution in [0.5, 0.6) is 11.5 Å². The van der Waals surface area contributed by atoms with Gasteiger partial charge in [0, 0.05) is 12.1 Å². The van der Waals surface area contributed by atoms with Gasteiger partial charge in [-0.2, -0.15) is 0 Å². The molecule has 0 saturated carbocycles. The molecule has 2 aromatic heterocycles. The third kappa shape index (κ3) is 2.80. The van der Waals surface area contributed by atoms with Crippen molar-refractivity contribution in [1.29, 1.82) is 0 Å². The number of anilines is 1. The van der Waals surface area contributed by atoms with Gasteiger partial charge in [0.05, 0.1) is 16.7 Å². The van der Waals surface area contributed by atoms with Crippen molar-refractivity contribution in [2.75, 3.05) is 12.5 Å². The number of ether oxygens (including phenoxy) is 2. The topological polar surface area (TPSA) is 104 Å². The van der Waals surface area contributed by atoms with E-state index in [2.05, 4.69) is 5.32 Å². The molecule has 4 aromatic rings. The van der Waals surface area contributed by atoms with Crippen molar-refractivity contribution in [3.05, 3.63) is 48.0 Å². The smallest absolute Gasteiger partial charge is 0.257 e. The van der Waals surface area contributed by atoms with Crippen molar-refractivity contribution in [2.45, 2.75) is 26.3 Å². The van der Waals surface area contributed by atoms with Gasteiger partial charge in [-0.3, -0.25) is 9.36 Å². The zero-order valence-corrected chi connectivity index (χ0v) is 16.7. The maximum atomic E-state index is 13.1. The number of fused-ring (bicyclic) bond motifs is 3. The van der Waals surface area contributed by atoms with Gasteiger partial charge in [-0.15, -0.1) is 0 Å². The fourth-order valence-electron chi connectivity index (χ4n) is 3.57. The molecule has 0 aliphatic carbocycles. The molecular weight excluding hydrogens is 382 g/mol. The number of carbonyl (C=O) groups is 1. The summed E-state index contributed by atoms with van der Waals surface area (Å²) < 4.78 is 12.7. The van der Waals surface area contributed by atoms with Gasteiger partial charge in [0.1, 0.15) is 16.9 Å². The molecule has 0 radical (unpaired) electrons. The zero-order valence-electron chi connectivity index (χ0n) is 16.7. The summed E-state index contributed by atoms with van der Waals surface area (Å²) in [7, 11) is 0. The summed E-state index contributed by atoms with van der Waals surface area (Å²) in [5, 5.41) is 2.99. The normalized spacial score (nSPS) is 13.7. The molecule has 5 rings (SSSR count). The molecule has 1 amide bonds. The number of nitrogens with zero attached hydrogens (tertiary/aromatic N) is 3. The van der Waals surface area contributed by atoms with Crippen LogP contribution in [-0.2, 0) is 0 Å². The lowest BCUT2D eigenvalue weighted by Crippen LogP contribution is -2.32. The first-order valence-electron chi connectivity index (χ1n) is 9.84. The first kappa shape index (κ1) is 18.2. The number of carbonyl (C=O) groups excluding carboxylic acids is 1. The second kappa shape index (κ2) is 6.91. The van der Waals surface area contributed by atoms with E-state index in [1.54, 1.807) is 4.57 Å². The van der Waals surface area contributed by atoms with Crippen LogP contribution in [0.2, 0.25) is 0 Å². The Morgan fingerprint density at radius 2 is 1.90 bits per heavy atom. The Bertz CT molecular complexity index is 1300. The second-order valence-corrected chi connectivity index (χ2v) is 7.30. The number of benzene rings is 2. The van der Waals surface area contributed by atoms with E-state index < -0.39 is 0 Å². The monoisotopic (exact) mass is 403 g/mol. The minimum absolute atomic E-state index is 0.00857. The predicted molar refractivity (Wildman–Crippen MR) is 114 cm³/mol. The summed E-state index contributed by atoms with van der Waals surface area (Å²) in [6.45, 7) is 4.14. The molecule has 0 unspecified atom stereocenters. The third-order valence-electron chi connectivity index (χ3n) is 5.33. The standard InChI is InChI=1S/C22H21N5O3/c1-3-12(2)24-22(28)18-19-21(26-15-7-5-4-6-14(15)25-19)27(20(18)23)13-8-9-16-17(10-13)30-11-29-16/h4-10,12H,3,11,23H2,1-2H3,(H,24,28)/t12-/m1/s1. The van der Waals surface area contributed by atoms with E-state index in [4.69, 9.17) is 25.2 Å². The van der Waals surface area contributed by atoms with Crippen molar-refractivity contribution < 1.29 is 14.3 Å². The van der Waals surface area contributed by atoms with Gasteiger partial charge < -0.3 is 20.5 Å². The highest BCUT2D eigenvalue weighted by Crippen LogP contribution is 2.37. The number of hydrogen-bond acceptors (Lipinski definition) is 6. The van der Waals surface area contributed by atoms with E-state index in [1.165, 1.54) is 0 Å². The summed E-state index contributed by atoms with van der Waals surface area (Å²) >= 11 is 0. The number of nitrogens with two attached hydrogens (primary N) is 1. The zero-order chi connectivity index (χ0) is 20.8. The average molecular weight is 403 g/mol. The first-order chi connectivity index (χ1) is 14.6. The Balaban J connectivity index is 1.78. The van der Waals surface area contributed by atoms with Gasteiger partial charge in [-0.05, 0) is 37.6 Å². The van der Waals surface area contributed by atoms with E-state index in [-0.39, 0.29) is 24.6 Å². The largest absolute Gasteiger partial charge is 0.454 e. The van der Waals surface area contributed by atoms with Crippen LogP contribution in [0.3, 0.4) is 0 Å². The number of para-hydroxylation sites is 2. The Kier molecular flexibility index (Phi) is 4.20. The van der Waals surface area contributed by atoms with E-state index in [9.17, 15) is 4.79 Å². The predicted octanol–water partition coefficient (Wildman–Crippen LogP) is 3.41. The molecule has 0 saturated heterocycles. The van der Waals surface area contributed by atoms with Crippen molar-refractivity contribution in [1.82, 2.24) is 19.9 Å². The van der Waals surface area contributed by atoms with Gasteiger partial charge in [0.25, 0.3) is 5.91 Å². The Hall–Kier alpha value is -3.81. The lowest BCUT2D eigenvalue weighted by Gasteiger charge is -2.12. The molecule has 3 N–H and O–H groups in total. The number of aromatic nitrogens is 3. The minimum Gasteiger partial charge on any atom is -0.454 e.